The highest BCUT2D eigenvalue weighted by Crippen LogP contribution is 2.31. The molecule has 0 aromatic heterocycles. The molecular weight excluding hydrogens is 485 g/mol. The van der Waals surface area contributed by atoms with E-state index in [0.29, 0.717) is 22.2 Å². The van der Waals surface area contributed by atoms with Gasteiger partial charge in [0.15, 0.2) is 6.61 Å². The standard InChI is InChI=1S/C23H27Cl2N3O6/c1-4-5-10-26-23(30)15(2)27(13-16-6-8-18(24)19(25)11-16)22(29)14-34-17-7-9-20(28(31)32)21(12-17)33-3/h6-9,11-12,15H,4-5,10,13-14H2,1-3H3,(H,26,30)/t15-/m1/s1. The van der Waals surface area contributed by atoms with Gasteiger partial charge in [-0.2, -0.15) is 0 Å². The third-order valence-electron chi connectivity index (χ3n) is 5.04. The van der Waals surface area contributed by atoms with Gasteiger partial charge in [-0.15, -0.1) is 0 Å². The molecule has 2 aromatic carbocycles. The quantitative estimate of drug-likeness (QED) is 0.252. The van der Waals surface area contributed by atoms with Gasteiger partial charge in [0.2, 0.25) is 11.7 Å². The molecule has 0 spiro atoms. The predicted molar refractivity (Wildman–Crippen MR) is 130 cm³/mol. The van der Waals surface area contributed by atoms with Crippen LogP contribution in [0.25, 0.3) is 0 Å². The molecule has 0 aliphatic heterocycles. The summed E-state index contributed by atoms with van der Waals surface area (Å²) in [5, 5.41) is 14.6. The number of ether oxygens (including phenoxy) is 2. The summed E-state index contributed by atoms with van der Waals surface area (Å²) in [6, 6.07) is 8.12. The van der Waals surface area contributed by atoms with Crippen LogP contribution in [0.2, 0.25) is 10.0 Å². The van der Waals surface area contributed by atoms with Crippen LogP contribution in [0.3, 0.4) is 0 Å². The van der Waals surface area contributed by atoms with Gasteiger partial charge in [-0.1, -0.05) is 42.6 Å². The minimum Gasteiger partial charge on any atom is -0.490 e. The summed E-state index contributed by atoms with van der Waals surface area (Å²) < 4.78 is 10.6. The van der Waals surface area contributed by atoms with Gasteiger partial charge in [-0.05, 0) is 37.1 Å². The third kappa shape index (κ3) is 7.50. The van der Waals surface area contributed by atoms with E-state index in [1.807, 2.05) is 6.92 Å². The molecule has 0 bridgehead atoms. The number of carbonyl (C=O) groups is 2. The second kappa shape index (κ2) is 13.0. The molecular formula is C23H27Cl2N3O6. The van der Waals surface area contributed by atoms with E-state index in [4.69, 9.17) is 32.7 Å². The van der Waals surface area contributed by atoms with Gasteiger partial charge in [0, 0.05) is 25.2 Å². The lowest BCUT2D eigenvalue weighted by Crippen LogP contribution is -2.49. The van der Waals surface area contributed by atoms with E-state index in [9.17, 15) is 19.7 Å². The van der Waals surface area contributed by atoms with Crippen LogP contribution in [0, 0.1) is 10.1 Å². The van der Waals surface area contributed by atoms with Crippen LogP contribution in [0.4, 0.5) is 5.69 Å². The largest absolute Gasteiger partial charge is 0.490 e. The maximum absolute atomic E-state index is 13.1. The lowest BCUT2D eigenvalue weighted by molar-refractivity contribution is -0.385. The van der Waals surface area contributed by atoms with Crippen molar-refractivity contribution in [3.05, 3.63) is 62.1 Å². The van der Waals surface area contributed by atoms with Crippen molar-refractivity contribution < 1.29 is 24.0 Å². The normalized spacial score (nSPS) is 11.4. The topological polar surface area (TPSA) is 111 Å². The van der Waals surface area contributed by atoms with Gasteiger partial charge in [0.1, 0.15) is 11.8 Å². The average molecular weight is 512 g/mol. The smallest absolute Gasteiger partial charge is 0.311 e. The molecule has 9 nitrogen and oxygen atoms in total. The number of hydrogen-bond donors (Lipinski definition) is 1. The number of methoxy groups -OCH3 is 1. The van der Waals surface area contributed by atoms with E-state index in [1.54, 1.807) is 25.1 Å². The predicted octanol–water partition coefficient (Wildman–Crippen LogP) is 4.62. The first-order valence-corrected chi connectivity index (χ1v) is 11.4. The fourth-order valence-electron chi connectivity index (χ4n) is 3.08. The van der Waals surface area contributed by atoms with Gasteiger partial charge >= 0.3 is 5.69 Å². The summed E-state index contributed by atoms with van der Waals surface area (Å²) in [4.78, 5) is 37.6. The molecule has 0 fully saturated rings. The monoisotopic (exact) mass is 511 g/mol. The fourth-order valence-corrected chi connectivity index (χ4v) is 3.40. The Kier molecular flexibility index (Phi) is 10.4. The molecule has 184 valence electrons. The molecule has 0 unspecified atom stereocenters. The van der Waals surface area contributed by atoms with E-state index < -0.39 is 23.5 Å². The van der Waals surface area contributed by atoms with Crippen molar-refractivity contribution >= 4 is 40.7 Å². The molecule has 1 atom stereocenters. The van der Waals surface area contributed by atoms with Crippen molar-refractivity contribution in [2.45, 2.75) is 39.3 Å². The number of benzene rings is 2. The SMILES string of the molecule is CCCCNC(=O)[C@@H](C)N(Cc1ccc(Cl)c(Cl)c1)C(=O)COc1ccc([N+](=O)[O-])c(OC)c1. The highest BCUT2D eigenvalue weighted by Gasteiger charge is 2.27. The molecule has 34 heavy (non-hydrogen) atoms. The van der Waals surface area contributed by atoms with Crippen LogP contribution >= 0.6 is 23.2 Å². The van der Waals surface area contributed by atoms with Crippen molar-refractivity contribution in [1.29, 1.82) is 0 Å². The number of nitrogens with zero attached hydrogens (tertiary/aromatic N) is 2. The van der Waals surface area contributed by atoms with Gasteiger partial charge in [0.05, 0.1) is 22.1 Å². The molecule has 0 radical (unpaired) electrons. The average Bonchev–Trinajstić information content (AvgIpc) is 2.82. The van der Waals surface area contributed by atoms with E-state index in [0.717, 1.165) is 12.8 Å². The van der Waals surface area contributed by atoms with Gasteiger partial charge in [-0.25, -0.2) is 0 Å². The number of halogens is 2. The molecule has 0 aliphatic carbocycles. The Labute approximate surface area is 208 Å². The zero-order valence-corrected chi connectivity index (χ0v) is 20.7. The zero-order chi connectivity index (χ0) is 25.3. The second-order valence-corrected chi connectivity index (χ2v) is 8.28. The molecule has 2 aromatic rings. The summed E-state index contributed by atoms with van der Waals surface area (Å²) >= 11 is 12.1. The lowest BCUT2D eigenvalue weighted by atomic mass is 10.1. The van der Waals surface area contributed by atoms with Crippen LogP contribution < -0.4 is 14.8 Å². The van der Waals surface area contributed by atoms with Crippen LogP contribution in [0.15, 0.2) is 36.4 Å². The molecule has 2 rings (SSSR count). The van der Waals surface area contributed by atoms with Gasteiger partial charge in [-0.3, -0.25) is 19.7 Å². The fraction of sp³-hybridized carbons (Fsp3) is 0.391. The number of nitro benzene ring substituents is 1. The summed E-state index contributed by atoms with van der Waals surface area (Å²) in [5.74, 6) is -0.531. The van der Waals surface area contributed by atoms with E-state index >= 15 is 0 Å². The Morgan fingerprint density at radius 2 is 1.91 bits per heavy atom. The van der Waals surface area contributed by atoms with Crippen molar-refractivity contribution in [3.8, 4) is 11.5 Å². The number of rotatable bonds is 12. The van der Waals surface area contributed by atoms with Crippen LogP contribution in [0.5, 0.6) is 11.5 Å². The van der Waals surface area contributed by atoms with E-state index in [-0.39, 0.29) is 29.6 Å². The highest BCUT2D eigenvalue weighted by molar-refractivity contribution is 6.42. The number of carbonyl (C=O) groups excluding carboxylic acids is 2. The molecule has 0 saturated carbocycles. The van der Waals surface area contributed by atoms with Crippen molar-refractivity contribution in [2.24, 2.45) is 0 Å². The highest BCUT2D eigenvalue weighted by atomic mass is 35.5. The summed E-state index contributed by atoms with van der Waals surface area (Å²) in [7, 11) is 1.30. The van der Waals surface area contributed by atoms with Crippen LogP contribution in [-0.4, -0.2) is 47.9 Å². The Bertz CT molecular complexity index is 1030. The molecule has 0 heterocycles. The first-order valence-electron chi connectivity index (χ1n) is 10.6. The van der Waals surface area contributed by atoms with E-state index in [2.05, 4.69) is 5.32 Å². The minimum atomic E-state index is -0.784. The minimum absolute atomic E-state index is 0.00582. The van der Waals surface area contributed by atoms with E-state index in [1.165, 1.54) is 30.2 Å². The Hall–Kier alpha value is -3.04. The number of amides is 2. The number of hydrogen-bond acceptors (Lipinski definition) is 6. The number of nitro groups is 1. The zero-order valence-electron chi connectivity index (χ0n) is 19.2. The van der Waals surface area contributed by atoms with Crippen molar-refractivity contribution in [2.75, 3.05) is 20.3 Å². The summed E-state index contributed by atoms with van der Waals surface area (Å²) in [6.45, 7) is 3.86. The maximum Gasteiger partial charge on any atom is 0.311 e. The summed E-state index contributed by atoms with van der Waals surface area (Å²) in [6.07, 6.45) is 1.75. The van der Waals surface area contributed by atoms with Crippen LogP contribution in [-0.2, 0) is 16.1 Å². The van der Waals surface area contributed by atoms with Crippen LogP contribution in [0.1, 0.15) is 32.3 Å². The molecule has 1 N–H and O–H groups in total. The van der Waals surface area contributed by atoms with Crippen molar-refractivity contribution in [1.82, 2.24) is 10.2 Å². The Morgan fingerprint density at radius 3 is 2.53 bits per heavy atom. The maximum atomic E-state index is 13.1. The molecule has 0 aliphatic rings. The van der Waals surface area contributed by atoms with Gasteiger partial charge in [0.25, 0.3) is 5.91 Å². The number of unbranched alkanes of at least 4 members (excludes halogenated alkanes) is 1. The molecule has 0 saturated heterocycles. The third-order valence-corrected chi connectivity index (χ3v) is 5.78. The summed E-state index contributed by atoms with van der Waals surface area (Å²) in [5.41, 5.74) is 0.466. The number of nitrogens with one attached hydrogen (secondary N) is 1. The first kappa shape index (κ1) is 27.2. The van der Waals surface area contributed by atoms with Crippen molar-refractivity contribution in [3.63, 3.8) is 0 Å². The molecule has 11 heteroatoms. The first-order chi connectivity index (χ1) is 16.2. The Balaban J connectivity index is 2.19. The lowest BCUT2D eigenvalue weighted by Gasteiger charge is -2.29. The van der Waals surface area contributed by atoms with Gasteiger partial charge < -0.3 is 19.7 Å². The molecule has 2 amide bonds. The second-order valence-electron chi connectivity index (χ2n) is 7.47. The Morgan fingerprint density at radius 1 is 1.18 bits per heavy atom.